The molecule has 6 heteroatoms. The molecule has 2 N–H and O–H groups in total. The van der Waals surface area contributed by atoms with Crippen LogP contribution in [0.3, 0.4) is 0 Å². The number of thiazole rings is 1. The molecule has 0 bridgehead atoms. The molecule has 0 saturated heterocycles. The molecular formula is C13H19N3O2S. The second-order valence-corrected chi connectivity index (χ2v) is 6.29. The fourth-order valence-corrected chi connectivity index (χ4v) is 2.54. The maximum absolute atomic E-state index is 11.8. The number of carbonyl (C=O) groups excluding carboxylic acids is 1. The molecule has 2 aromatic rings. The zero-order valence-electron chi connectivity index (χ0n) is 11.2. The van der Waals surface area contributed by atoms with Gasteiger partial charge in [0.2, 0.25) is 5.91 Å². The van der Waals surface area contributed by atoms with Crippen molar-refractivity contribution in [3.05, 3.63) is 23.5 Å². The Morgan fingerprint density at radius 3 is 3.05 bits per heavy atom. The van der Waals surface area contributed by atoms with E-state index in [2.05, 4.69) is 10.3 Å². The highest BCUT2D eigenvalue weighted by Crippen LogP contribution is 2.18. The van der Waals surface area contributed by atoms with Crippen LogP contribution in [0.5, 0.6) is 0 Å². The van der Waals surface area contributed by atoms with Gasteiger partial charge in [-0.1, -0.05) is 13.8 Å². The normalized spacial score (nSPS) is 11.9. The van der Waals surface area contributed by atoms with Gasteiger partial charge in [0.05, 0.1) is 12.1 Å². The van der Waals surface area contributed by atoms with E-state index in [1.807, 2.05) is 36.0 Å². The molecule has 0 aliphatic carbocycles. The van der Waals surface area contributed by atoms with Crippen molar-refractivity contribution in [2.24, 2.45) is 5.41 Å². The number of hydrogen-bond donors (Lipinski definition) is 2. The number of fused-ring (bicyclic) bond motifs is 1. The Hall–Kier alpha value is -1.40. The number of imidazole rings is 1. The Morgan fingerprint density at radius 2 is 2.37 bits per heavy atom. The highest BCUT2D eigenvalue weighted by molar-refractivity contribution is 7.15. The van der Waals surface area contributed by atoms with E-state index in [0.717, 1.165) is 10.7 Å². The zero-order chi connectivity index (χ0) is 13.9. The number of aliphatic hydroxyl groups excluding tert-OH is 1. The van der Waals surface area contributed by atoms with Gasteiger partial charge >= 0.3 is 0 Å². The predicted octanol–water partition coefficient (Wildman–Crippen LogP) is 1.46. The monoisotopic (exact) mass is 281 g/mol. The van der Waals surface area contributed by atoms with Crippen molar-refractivity contribution in [2.75, 3.05) is 13.2 Å². The van der Waals surface area contributed by atoms with Crippen LogP contribution < -0.4 is 5.32 Å². The summed E-state index contributed by atoms with van der Waals surface area (Å²) in [6, 6.07) is 0. The zero-order valence-corrected chi connectivity index (χ0v) is 12.0. The van der Waals surface area contributed by atoms with Gasteiger partial charge < -0.3 is 10.4 Å². The van der Waals surface area contributed by atoms with Crippen LogP contribution in [0.4, 0.5) is 0 Å². The minimum atomic E-state index is -0.0844. The van der Waals surface area contributed by atoms with Crippen LogP contribution in [0.25, 0.3) is 4.96 Å². The fraction of sp³-hybridized carbons (Fsp3) is 0.538. The fourth-order valence-electron chi connectivity index (χ4n) is 1.82. The second kappa shape index (κ2) is 5.71. The van der Waals surface area contributed by atoms with E-state index in [1.54, 1.807) is 11.3 Å². The Labute approximate surface area is 116 Å². The van der Waals surface area contributed by atoms with Gasteiger partial charge in [-0.25, -0.2) is 4.98 Å². The molecule has 0 aliphatic heterocycles. The number of carbonyl (C=O) groups is 1. The van der Waals surface area contributed by atoms with Crippen LogP contribution in [-0.4, -0.2) is 33.6 Å². The lowest BCUT2D eigenvalue weighted by atomic mass is 9.90. The molecule has 2 heterocycles. The number of nitrogens with one attached hydrogen (secondary N) is 1. The third-order valence-corrected chi connectivity index (χ3v) is 3.81. The van der Waals surface area contributed by atoms with Crippen molar-refractivity contribution in [1.82, 2.24) is 14.7 Å². The molecule has 0 atom stereocenters. The third kappa shape index (κ3) is 3.78. The number of amides is 1. The van der Waals surface area contributed by atoms with Crippen LogP contribution in [0, 0.1) is 5.41 Å². The van der Waals surface area contributed by atoms with E-state index in [-0.39, 0.29) is 17.9 Å². The van der Waals surface area contributed by atoms with E-state index in [0.29, 0.717) is 19.4 Å². The van der Waals surface area contributed by atoms with Gasteiger partial charge in [0.1, 0.15) is 0 Å². The molecule has 0 saturated carbocycles. The van der Waals surface area contributed by atoms with E-state index < -0.39 is 0 Å². The Balaban J connectivity index is 1.86. The SMILES string of the molecule is CC(C)(CCO)CNC(=O)Cc1cn2ccsc2n1. The summed E-state index contributed by atoms with van der Waals surface area (Å²) in [6.45, 7) is 4.75. The van der Waals surface area contributed by atoms with Gasteiger partial charge in [0.25, 0.3) is 0 Å². The maximum Gasteiger partial charge on any atom is 0.226 e. The summed E-state index contributed by atoms with van der Waals surface area (Å²) in [7, 11) is 0. The quantitative estimate of drug-likeness (QED) is 0.842. The van der Waals surface area contributed by atoms with Crippen LogP contribution in [0.2, 0.25) is 0 Å². The minimum absolute atomic E-state index is 0.0308. The molecule has 0 aromatic carbocycles. The predicted molar refractivity (Wildman–Crippen MR) is 75.3 cm³/mol. The van der Waals surface area contributed by atoms with E-state index >= 15 is 0 Å². The first kappa shape index (κ1) is 14.0. The smallest absolute Gasteiger partial charge is 0.226 e. The lowest BCUT2D eigenvalue weighted by Crippen LogP contribution is -2.35. The molecular weight excluding hydrogens is 262 g/mol. The van der Waals surface area contributed by atoms with Crippen molar-refractivity contribution in [1.29, 1.82) is 0 Å². The van der Waals surface area contributed by atoms with Crippen molar-refractivity contribution >= 4 is 22.2 Å². The van der Waals surface area contributed by atoms with Crippen LogP contribution in [0.15, 0.2) is 17.8 Å². The summed E-state index contributed by atoms with van der Waals surface area (Å²) < 4.78 is 1.92. The van der Waals surface area contributed by atoms with Crippen molar-refractivity contribution in [2.45, 2.75) is 26.7 Å². The topological polar surface area (TPSA) is 66.6 Å². The Morgan fingerprint density at radius 1 is 1.58 bits per heavy atom. The number of aromatic nitrogens is 2. The van der Waals surface area contributed by atoms with Crippen molar-refractivity contribution < 1.29 is 9.90 Å². The van der Waals surface area contributed by atoms with E-state index in [1.165, 1.54) is 0 Å². The summed E-state index contributed by atoms with van der Waals surface area (Å²) in [6.07, 6.45) is 4.78. The van der Waals surface area contributed by atoms with E-state index in [9.17, 15) is 4.79 Å². The molecule has 19 heavy (non-hydrogen) atoms. The number of hydrogen-bond acceptors (Lipinski definition) is 4. The second-order valence-electron chi connectivity index (χ2n) is 5.42. The molecule has 104 valence electrons. The van der Waals surface area contributed by atoms with Crippen molar-refractivity contribution in [3.8, 4) is 0 Å². The van der Waals surface area contributed by atoms with Gasteiger partial charge in [0, 0.05) is 30.9 Å². The minimum Gasteiger partial charge on any atom is -0.396 e. The Bertz CT molecular complexity index is 530. The van der Waals surface area contributed by atoms with Crippen LogP contribution in [0.1, 0.15) is 26.0 Å². The lowest BCUT2D eigenvalue weighted by molar-refractivity contribution is -0.121. The summed E-state index contributed by atoms with van der Waals surface area (Å²) in [5, 5.41) is 13.8. The van der Waals surface area contributed by atoms with E-state index in [4.69, 9.17) is 5.11 Å². The van der Waals surface area contributed by atoms with Gasteiger partial charge in [-0.05, 0) is 11.8 Å². The number of rotatable bonds is 6. The molecule has 0 spiro atoms. The average molecular weight is 281 g/mol. The number of aliphatic hydroxyl groups is 1. The summed E-state index contributed by atoms with van der Waals surface area (Å²) in [5.74, 6) is -0.0308. The first-order valence-electron chi connectivity index (χ1n) is 6.29. The summed E-state index contributed by atoms with van der Waals surface area (Å²) in [5.41, 5.74) is 0.697. The molecule has 0 aliphatic rings. The molecule has 1 amide bonds. The molecule has 0 radical (unpaired) electrons. The molecule has 0 fully saturated rings. The molecule has 5 nitrogen and oxygen atoms in total. The van der Waals surface area contributed by atoms with Gasteiger partial charge in [-0.15, -0.1) is 11.3 Å². The summed E-state index contributed by atoms with van der Waals surface area (Å²) in [4.78, 5) is 17.1. The highest BCUT2D eigenvalue weighted by atomic mass is 32.1. The third-order valence-electron chi connectivity index (χ3n) is 3.04. The molecule has 2 aromatic heterocycles. The van der Waals surface area contributed by atoms with Crippen LogP contribution >= 0.6 is 11.3 Å². The van der Waals surface area contributed by atoms with Crippen LogP contribution in [-0.2, 0) is 11.2 Å². The largest absolute Gasteiger partial charge is 0.396 e. The first-order chi connectivity index (χ1) is 9.00. The Kier molecular flexibility index (Phi) is 4.21. The highest BCUT2D eigenvalue weighted by Gasteiger charge is 2.18. The first-order valence-corrected chi connectivity index (χ1v) is 7.17. The maximum atomic E-state index is 11.8. The van der Waals surface area contributed by atoms with Gasteiger partial charge in [0.15, 0.2) is 4.96 Å². The number of nitrogens with zero attached hydrogens (tertiary/aromatic N) is 2. The lowest BCUT2D eigenvalue weighted by Gasteiger charge is -2.23. The molecule has 0 unspecified atom stereocenters. The molecule has 2 rings (SSSR count). The van der Waals surface area contributed by atoms with Crippen molar-refractivity contribution in [3.63, 3.8) is 0 Å². The summed E-state index contributed by atoms with van der Waals surface area (Å²) >= 11 is 1.55. The average Bonchev–Trinajstić information content (AvgIpc) is 2.87. The van der Waals surface area contributed by atoms with Gasteiger partial charge in [-0.3, -0.25) is 9.20 Å². The standard InChI is InChI=1S/C13H19N3O2S/c1-13(2,3-5-17)9-14-11(18)7-10-8-16-4-6-19-12(16)15-10/h4,6,8,17H,3,5,7,9H2,1-2H3,(H,14,18). The van der Waals surface area contributed by atoms with Gasteiger partial charge in [-0.2, -0.15) is 0 Å².